The molecule has 8 bridgehead atoms. The van der Waals surface area contributed by atoms with E-state index < -0.39 is 0 Å². The second-order valence-electron chi connectivity index (χ2n) is 26.7. The topological polar surface area (TPSA) is 70.2 Å². The molecule has 0 atom stereocenters. The van der Waals surface area contributed by atoms with Gasteiger partial charge in [0.15, 0.2) is 0 Å². The molecule has 0 amide bonds. The van der Waals surface area contributed by atoms with Crippen molar-refractivity contribution < 1.29 is 0 Å². The summed E-state index contributed by atoms with van der Waals surface area (Å²) in [5, 5.41) is 0. The molecule has 2 N–H and O–H groups in total. The number of hydrogen-bond donors (Lipinski definition) is 2. The van der Waals surface area contributed by atoms with Crippen LogP contribution in [0.1, 0.15) is 181 Å². The van der Waals surface area contributed by atoms with Crippen LogP contribution in [0.15, 0.2) is 103 Å². The van der Waals surface area contributed by atoms with Crippen molar-refractivity contribution in [2.24, 2.45) is 0 Å². The summed E-state index contributed by atoms with van der Waals surface area (Å²) in [6, 6.07) is 36.6. The standard InChI is InChI=1S/C67H77N5/c1-62(2,3)43-29-40(30-44(35-43)63(4,5)6)58-53-23-22-49(69-53)38-50-39-51(52-21-19-20-28-68-52)61(70-50)60(42-33-47(66(13,14)15)37-48(34-42)67(16,17)18)57-27-26-56(72-57)59(55-25-24-54(58)71-55)41-31-45(64(7,8)9)36-46(32-41)65(10,11)12/h19-39,70-71H,1-18H3. The Kier molecular flexibility index (Phi) is 12.3. The first-order valence-corrected chi connectivity index (χ1v) is 26.0. The lowest BCUT2D eigenvalue weighted by Gasteiger charge is -2.26. The number of aromatic nitrogens is 5. The maximum absolute atomic E-state index is 5.83. The summed E-state index contributed by atoms with van der Waals surface area (Å²) in [5.41, 5.74) is 23.0. The predicted molar refractivity (Wildman–Crippen MR) is 311 cm³/mol. The number of nitrogens with one attached hydrogen (secondary N) is 2. The molecule has 370 valence electrons. The zero-order valence-corrected chi connectivity index (χ0v) is 46.5. The van der Waals surface area contributed by atoms with E-state index in [1.165, 1.54) is 33.4 Å². The Bertz CT molecular complexity index is 3390. The summed E-state index contributed by atoms with van der Waals surface area (Å²) in [7, 11) is 0. The van der Waals surface area contributed by atoms with Crippen LogP contribution in [0.3, 0.4) is 0 Å². The van der Waals surface area contributed by atoms with Crippen LogP contribution in [0.2, 0.25) is 0 Å². The molecule has 0 saturated carbocycles. The molecule has 5 nitrogen and oxygen atoms in total. The van der Waals surface area contributed by atoms with Crippen molar-refractivity contribution in [1.29, 1.82) is 0 Å². The third-order valence-electron chi connectivity index (χ3n) is 14.5. The van der Waals surface area contributed by atoms with Crippen molar-refractivity contribution in [2.75, 3.05) is 0 Å². The van der Waals surface area contributed by atoms with Crippen molar-refractivity contribution in [3.63, 3.8) is 0 Å². The largest absolute Gasteiger partial charge is 0.354 e. The zero-order chi connectivity index (χ0) is 52.1. The summed E-state index contributed by atoms with van der Waals surface area (Å²) in [5.74, 6) is 0. The van der Waals surface area contributed by atoms with Crippen molar-refractivity contribution >= 4 is 46.4 Å². The molecule has 72 heavy (non-hydrogen) atoms. The van der Waals surface area contributed by atoms with E-state index in [4.69, 9.17) is 15.0 Å². The molecule has 0 saturated heterocycles. The highest BCUT2D eigenvalue weighted by molar-refractivity contribution is 6.01. The molecular formula is C67H77N5. The SMILES string of the molecule is CC(C)(C)c1cc(-c2c3nc(cc4cc(-c5ccccn5)c([nH]4)c(-c4cc(C(C)(C)C)cc(C(C)(C)C)c4)c4nc(c(-c5cc(C(C)(C)C)cc(C(C)(C)C)c5)c5ccc2[nH]5)C=C4)C=C3)cc(C(C)(C)C)c1. The van der Waals surface area contributed by atoms with Gasteiger partial charge in [0, 0.05) is 45.0 Å². The summed E-state index contributed by atoms with van der Waals surface area (Å²) in [4.78, 5) is 24.3. The van der Waals surface area contributed by atoms with Gasteiger partial charge in [0.1, 0.15) is 0 Å². The Hall–Kier alpha value is -6.59. The van der Waals surface area contributed by atoms with Gasteiger partial charge < -0.3 is 9.97 Å². The third kappa shape index (κ3) is 10.1. The Morgan fingerprint density at radius 3 is 1.15 bits per heavy atom. The van der Waals surface area contributed by atoms with Crippen molar-refractivity contribution in [2.45, 2.75) is 157 Å². The number of pyridine rings is 1. The fourth-order valence-electron chi connectivity index (χ4n) is 9.78. The molecule has 0 unspecified atom stereocenters. The number of aromatic amines is 2. The molecule has 0 aliphatic carbocycles. The van der Waals surface area contributed by atoms with Gasteiger partial charge in [0.05, 0.1) is 34.0 Å². The molecular weight excluding hydrogens is 875 g/mol. The van der Waals surface area contributed by atoms with Gasteiger partial charge >= 0.3 is 0 Å². The van der Waals surface area contributed by atoms with Gasteiger partial charge in [-0.25, -0.2) is 9.97 Å². The van der Waals surface area contributed by atoms with Gasteiger partial charge in [0.2, 0.25) is 0 Å². The van der Waals surface area contributed by atoms with Gasteiger partial charge in [-0.15, -0.1) is 0 Å². The first-order chi connectivity index (χ1) is 33.4. The molecule has 2 aliphatic rings. The van der Waals surface area contributed by atoms with Crippen LogP contribution in [0.4, 0.5) is 0 Å². The van der Waals surface area contributed by atoms with Gasteiger partial charge in [-0.3, -0.25) is 4.98 Å². The van der Waals surface area contributed by atoms with Gasteiger partial charge in [-0.05, 0) is 143 Å². The van der Waals surface area contributed by atoms with Crippen molar-refractivity contribution in [1.82, 2.24) is 24.9 Å². The molecule has 0 fully saturated rings. The van der Waals surface area contributed by atoms with E-state index in [1.54, 1.807) is 0 Å². The lowest BCUT2D eigenvalue weighted by Crippen LogP contribution is -2.16. The lowest BCUT2D eigenvalue weighted by molar-refractivity contribution is 0.568. The van der Waals surface area contributed by atoms with Crippen LogP contribution >= 0.6 is 0 Å². The Morgan fingerprint density at radius 1 is 0.361 bits per heavy atom. The quantitative estimate of drug-likeness (QED) is 0.185. The molecule has 7 aromatic rings. The smallest absolute Gasteiger partial charge is 0.0737 e. The first-order valence-electron chi connectivity index (χ1n) is 26.0. The first kappa shape index (κ1) is 50.4. The predicted octanol–water partition coefficient (Wildman–Crippen LogP) is 18.5. The van der Waals surface area contributed by atoms with Gasteiger partial charge in [0.25, 0.3) is 0 Å². The average molecular weight is 952 g/mol. The minimum absolute atomic E-state index is 0.0754. The number of hydrogen-bond acceptors (Lipinski definition) is 3. The zero-order valence-electron chi connectivity index (χ0n) is 46.5. The maximum atomic E-state index is 5.83. The van der Waals surface area contributed by atoms with Crippen LogP contribution in [0.25, 0.3) is 91.0 Å². The molecule has 2 aliphatic heterocycles. The lowest BCUT2D eigenvalue weighted by atomic mass is 9.78. The summed E-state index contributed by atoms with van der Waals surface area (Å²) in [6.07, 6.45) is 10.7. The highest BCUT2D eigenvalue weighted by Gasteiger charge is 2.28. The summed E-state index contributed by atoms with van der Waals surface area (Å²) in [6.45, 7) is 41.5. The Labute approximate surface area is 430 Å². The molecule has 4 aromatic heterocycles. The minimum Gasteiger partial charge on any atom is -0.354 e. The van der Waals surface area contributed by atoms with Crippen molar-refractivity contribution in [3.05, 3.63) is 159 Å². The number of rotatable bonds is 4. The molecule has 0 spiro atoms. The van der Waals surface area contributed by atoms with E-state index in [0.29, 0.717) is 0 Å². The fourth-order valence-corrected chi connectivity index (χ4v) is 9.78. The normalized spacial score (nSPS) is 13.6. The molecule has 3 aromatic carbocycles. The third-order valence-corrected chi connectivity index (χ3v) is 14.5. The van der Waals surface area contributed by atoms with E-state index in [0.717, 1.165) is 89.5 Å². The van der Waals surface area contributed by atoms with E-state index in [9.17, 15) is 0 Å². The monoisotopic (exact) mass is 952 g/mol. The number of fused-ring (bicyclic) bond motifs is 8. The molecule has 0 radical (unpaired) electrons. The van der Waals surface area contributed by atoms with Gasteiger partial charge in [-0.1, -0.05) is 185 Å². The fraction of sp³-hybridized carbons (Fsp3) is 0.358. The van der Waals surface area contributed by atoms with Gasteiger partial charge in [-0.2, -0.15) is 0 Å². The summed E-state index contributed by atoms with van der Waals surface area (Å²) >= 11 is 0. The number of nitrogens with zero attached hydrogens (tertiary/aromatic N) is 3. The number of benzene rings is 3. The van der Waals surface area contributed by atoms with Crippen LogP contribution < -0.4 is 0 Å². The van der Waals surface area contributed by atoms with Crippen LogP contribution in [0, 0.1) is 0 Å². The second-order valence-corrected chi connectivity index (χ2v) is 26.7. The highest BCUT2D eigenvalue weighted by atomic mass is 14.8. The van der Waals surface area contributed by atoms with Crippen molar-refractivity contribution in [3.8, 4) is 44.6 Å². The maximum Gasteiger partial charge on any atom is 0.0737 e. The van der Waals surface area contributed by atoms with Crippen LogP contribution in [-0.2, 0) is 32.5 Å². The number of H-pyrrole nitrogens is 2. The summed E-state index contributed by atoms with van der Waals surface area (Å²) < 4.78 is 0. The van der Waals surface area contributed by atoms with Crippen LogP contribution in [-0.4, -0.2) is 24.9 Å². The van der Waals surface area contributed by atoms with E-state index in [2.05, 4.69) is 250 Å². The van der Waals surface area contributed by atoms with E-state index in [-0.39, 0.29) is 32.5 Å². The van der Waals surface area contributed by atoms with Crippen LogP contribution in [0.5, 0.6) is 0 Å². The molecule has 6 heterocycles. The Morgan fingerprint density at radius 2 is 0.750 bits per heavy atom. The average Bonchev–Trinajstić information content (AvgIpc) is 4.12. The van der Waals surface area contributed by atoms with E-state index >= 15 is 0 Å². The highest BCUT2D eigenvalue weighted by Crippen LogP contribution is 2.44. The second kappa shape index (κ2) is 17.6. The minimum atomic E-state index is -0.105. The molecule has 5 heteroatoms. The van der Waals surface area contributed by atoms with E-state index in [1.807, 2.05) is 12.3 Å². The Balaban J connectivity index is 1.52. The molecule has 9 rings (SSSR count).